The largest absolute Gasteiger partial charge is 1.00 e. The molecule has 0 bridgehead atoms. The smallest absolute Gasteiger partial charge is 0.744 e. The predicted octanol–water partition coefficient (Wildman–Crippen LogP) is 2.95. The number of aryl methyl sites for hydroxylation is 1. The molecule has 0 atom stereocenters. The van der Waals surface area contributed by atoms with E-state index in [-0.39, 0.29) is 40.2 Å². The van der Waals surface area contributed by atoms with Crippen LogP contribution in [0.1, 0.15) is 61.5 Å². The molecule has 0 aliphatic rings. The molecule has 0 radical (unpaired) electrons. The van der Waals surface area contributed by atoms with Gasteiger partial charge in [-0.1, -0.05) is 78.0 Å². The van der Waals surface area contributed by atoms with Crippen molar-refractivity contribution in [3.8, 4) is 5.75 Å². The van der Waals surface area contributed by atoms with Gasteiger partial charge in [0.1, 0.15) is 19.7 Å². The molecule has 1 aromatic heterocycles. The Labute approximate surface area is 202 Å². The first kappa shape index (κ1) is 26.2. The zero-order chi connectivity index (χ0) is 19.9. The second-order valence-electron chi connectivity index (χ2n) is 6.49. The van der Waals surface area contributed by atoms with E-state index in [4.69, 9.17) is 17.0 Å². The minimum Gasteiger partial charge on any atom is -0.744 e. The van der Waals surface area contributed by atoms with Crippen molar-refractivity contribution in [2.75, 3.05) is 7.11 Å². The molecule has 2 aromatic rings. The zero-order valence-electron chi connectivity index (χ0n) is 16.7. The van der Waals surface area contributed by atoms with Crippen LogP contribution in [-0.4, -0.2) is 20.1 Å². The molecule has 0 N–H and O–H groups in total. The second-order valence-corrected chi connectivity index (χ2v) is 10.7. The molecule has 28 heavy (non-hydrogen) atoms. The third-order valence-electron chi connectivity index (χ3n) is 4.44. The van der Waals surface area contributed by atoms with Gasteiger partial charge in [-0.25, -0.2) is 8.42 Å². The Morgan fingerprint density at radius 1 is 1.11 bits per heavy atom. The Bertz CT molecular complexity index is 903. The average molecular weight is 469 g/mol. The van der Waals surface area contributed by atoms with Gasteiger partial charge in [-0.05, 0) is 36.1 Å². The number of hydrogen-bond acceptors (Lipinski definition) is 7. The summed E-state index contributed by atoms with van der Waals surface area (Å²) in [6, 6.07) is 4.73. The van der Waals surface area contributed by atoms with Crippen LogP contribution in [0.5, 0.6) is 5.75 Å². The quantitative estimate of drug-likeness (QED) is 0.167. The maximum Gasteiger partial charge on any atom is 1.00 e. The fourth-order valence-corrected chi connectivity index (χ4v) is 6.64. The van der Waals surface area contributed by atoms with Gasteiger partial charge in [-0.3, -0.25) is 0 Å². The Kier molecular flexibility index (Phi) is 12.0. The van der Waals surface area contributed by atoms with Crippen molar-refractivity contribution in [3.63, 3.8) is 0 Å². The van der Waals surface area contributed by atoms with Crippen molar-refractivity contribution < 1.29 is 47.3 Å². The summed E-state index contributed by atoms with van der Waals surface area (Å²) < 4.78 is 40.4. The molecule has 0 saturated carbocycles. The molecule has 4 nitrogen and oxygen atoms in total. The van der Waals surface area contributed by atoms with Gasteiger partial charge in [-0.2, -0.15) is 0 Å². The number of ether oxygens (including phenoxy) is 1. The van der Waals surface area contributed by atoms with E-state index < -0.39 is 10.1 Å². The molecule has 1 heterocycles. The Morgan fingerprint density at radius 2 is 1.79 bits per heavy atom. The standard InChI is InChI=1S/C19H26O4S4.Na/c1-3-4-5-6-7-8-9-17-15(19(24)26-25-17)12-14-10-11-16(23-2)18(13-14)27(20,21)22;/h10-11,13H,3-9,12H2,1-2H3,(H,20,21,22);/q;+1/p-1. The van der Waals surface area contributed by atoms with Crippen molar-refractivity contribution in [1.29, 1.82) is 0 Å². The minimum atomic E-state index is -4.59. The SMILES string of the molecule is CCCCCCCCc1ssc(=S)c1Cc1ccc(OC)c(S(=O)(=O)[O-])c1.[Na+]. The van der Waals surface area contributed by atoms with Crippen LogP contribution in [0.15, 0.2) is 23.1 Å². The molecule has 1 aromatic carbocycles. The number of unbranched alkanes of at least 4 members (excludes halogenated alkanes) is 5. The zero-order valence-corrected chi connectivity index (χ0v) is 21.9. The third kappa shape index (κ3) is 7.80. The van der Waals surface area contributed by atoms with Gasteiger partial charge in [0.25, 0.3) is 0 Å². The first-order valence-corrected chi connectivity index (χ1v) is 13.1. The predicted molar refractivity (Wildman–Crippen MR) is 114 cm³/mol. The van der Waals surface area contributed by atoms with E-state index in [0.29, 0.717) is 6.42 Å². The summed E-state index contributed by atoms with van der Waals surface area (Å²) in [6.45, 7) is 2.22. The van der Waals surface area contributed by atoms with E-state index in [1.165, 1.54) is 56.2 Å². The Morgan fingerprint density at radius 3 is 2.43 bits per heavy atom. The van der Waals surface area contributed by atoms with Crippen LogP contribution in [0.3, 0.4) is 0 Å². The van der Waals surface area contributed by atoms with Gasteiger partial charge >= 0.3 is 29.6 Å². The molecule has 0 spiro atoms. The first-order valence-electron chi connectivity index (χ1n) is 9.10. The van der Waals surface area contributed by atoms with Crippen LogP contribution in [0, 0.1) is 3.82 Å². The van der Waals surface area contributed by atoms with Crippen LogP contribution in [-0.2, 0) is 23.0 Å². The fourth-order valence-electron chi connectivity index (χ4n) is 2.96. The summed E-state index contributed by atoms with van der Waals surface area (Å²) >= 11 is 5.49. The molecule has 0 unspecified atom stereocenters. The summed E-state index contributed by atoms with van der Waals surface area (Å²) in [7, 11) is 0.0683. The van der Waals surface area contributed by atoms with E-state index in [9.17, 15) is 13.0 Å². The number of hydrogen-bond donors (Lipinski definition) is 0. The summed E-state index contributed by atoms with van der Waals surface area (Å²) in [4.78, 5) is 0.965. The summed E-state index contributed by atoms with van der Waals surface area (Å²) in [5.74, 6) is 0.0766. The van der Waals surface area contributed by atoms with Crippen LogP contribution >= 0.6 is 32.9 Å². The number of methoxy groups -OCH3 is 1. The molecule has 0 aliphatic heterocycles. The Hall–Kier alpha value is 0.200. The molecule has 0 amide bonds. The van der Waals surface area contributed by atoms with Crippen LogP contribution in [0.25, 0.3) is 0 Å². The van der Waals surface area contributed by atoms with Crippen LogP contribution in [0.4, 0.5) is 0 Å². The first-order chi connectivity index (χ1) is 12.9. The van der Waals surface area contributed by atoms with Gasteiger partial charge in [0.2, 0.25) is 0 Å². The van der Waals surface area contributed by atoms with Crippen molar-refractivity contribution in [2.24, 2.45) is 0 Å². The van der Waals surface area contributed by atoms with E-state index in [1.54, 1.807) is 26.7 Å². The molecule has 150 valence electrons. The summed E-state index contributed by atoms with van der Waals surface area (Å²) in [6.07, 6.45) is 9.00. The maximum absolute atomic E-state index is 11.5. The molecular weight excluding hydrogens is 443 g/mol. The van der Waals surface area contributed by atoms with Gasteiger partial charge in [0.15, 0.2) is 0 Å². The third-order valence-corrected chi connectivity index (χ3v) is 8.59. The van der Waals surface area contributed by atoms with E-state index in [0.717, 1.165) is 27.8 Å². The molecular formula is C19H25NaO4S4. The second kappa shape index (κ2) is 12.8. The number of rotatable bonds is 11. The molecule has 2 rings (SSSR count). The van der Waals surface area contributed by atoms with Crippen molar-refractivity contribution >= 4 is 43.0 Å². The van der Waals surface area contributed by atoms with Gasteiger partial charge in [-0.15, -0.1) is 0 Å². The van der Waals surface area contributed by atoms with Crippen molar-refractivity contribution in [3.05, 3.63) is 38.0 Å². The fraction of sp³-hybridized carbons (Fsp3) is 0.526. The van der Waals surface area contributed by atoms with Gasteiger partial charge in [0, 0.05) is 11.3 Å². The van der Waals surface area contributed by atoms with Crippen LogP contribution in [0.2, 0.25) is 0 Å². The van der Waals surface area contributed by atoms with Crippen molar-refractivity contribution in [2.45, 2.75) is 63.2 Å². The van der Waals surface area contributed by atoms with Crippen LogP contribution < -0.4 is 34.3 Å². The maximum atomic E-state index is 11.5. The summed E-state index contributed by atoms with van der Waals surface area (Å²) in [5.41, 5.74) is 1.85. The van der Waals surface area contributed by atoms with Crippen molar-refractivity contribution in [1.82, 2.24) is 0 Å². The summed E-state index contributed by atoms with van der Waals surface area (Å²) in [5, 5.41) is 0. The van der Waals surface area contributed by atoms with E-state index >= 15 is 0 Å². The molecule has 0 fully saturated rings. The van der Waals surface area contributed by atoms with Gasteiger partial charge < -0.3 is 9.29 Å². The monoisotopic (exact) mass is 468 g/mol. The molecule has 0 saturated heterocycles. The average Bonchev–Trinajstić information content (AvgIpc) is 2.97. The molecule has 0 aliphatic carbocycles. The minimum absolute atomic E-state index is 0. The van der Waals surface area contributed by atoms with Gasteiger partial charge in [0.05, 0.1) is 12.0 Å². The molecule has 9 heteroatoms. The van der Waals surface area contributed by atoms with E-state index in [2.05, 4.69) is 6.92 Å². The normalized spacial score (nSPS) is 11.2. The number of benzene rings is 1. The van der Waals surface area contributed by atoms with E-state index in [1.807, 2.05) is 0 Å². The Balaban J connectivity index is 0.00000392. The topological polar surface area (TPSA) is 66.4 Å².